The van der Waals surface area contributed by atoms with Crippen LogP contribution in [-0.4, -0.2) is 47.1 Å². The van der Waals surface area contributed by atoms with Gasteiger partial charge in [0.1, 0.15) is 0 Å². The minimum absolute atomic E-state index is 0.0362. The number of nitrogens with one attached hydrogen (secondary N) is 1. The molecule has 1 aromatic carbocycles. The molecule has 6 nitrogen and oxygen atoms in total. The van der Waals surface area contributed by atoms with Crippen molar-refractivity contribution in [1.82, 2.24) is 14.9 Å². The zero-order chi connectivity index (χ0) is 19.5. The van der Waals surface area contributed by atoms with E-state index in [1.807, 2.05) is 36.1 Å². The molecule has 1 N–H and O–H groups in total. The SMILES string of the molecule is CCc1ccc(Nc2c(C(=O)N3CCOCC3)cnc3nc(C)ccc23)cc1. The van der Waals surface area contributed by atoms with Gasteiger partial charge in [0, 0.05) is 36.1 Å². The van der Waals surface area contributed by atoms with E-state index >= 15 is 0 Å². The molecule has 0 atom stereocenters. The smallest absolute Gasteiger partial charge is 0.257 e. The minimum atomic E-state index is -0.0362. The Balaban J connectivity index is 1.78. The van der Waals surface area contributed by atoms with Crippen LogP contribution >= 0.6 is 0 Å². The number of pyridine rings is 2. The third-order valence-electron chi connectivity index (χ3n) is 5.03. The van der Waals surface area contributed by atoms with Gasteiger partial charge in [-0.2, -0.15) is 0 Å². The van der Waals surface area contributed by atoms with Crippen LogP contribution in [0, 0.1) is 6.92 Å². The van der Waals surface area contributed by atoms with Gasteiger partial charge in [-0.25, -0.2) is 9.97 Å². The lowest BCUT2D eigenvalue weighted by atomic mass is 10.1. The van der Waals surface area contributed by atoms with E-state index < -0.39 is 0 Å². The first-order valence-electron chi connectivity index (χ1n) is 9.65. The van der Waals surface area contributed by atoms with Gasteiger partial charge in [0.2, 0.25) is 0 Å². The molecule has 1 saturated heterocycles. The predicted octanol–water partition coefficient (Wildman–Crippen LogP) is 3.72. The van der Waals surface area contributed by atoms with E-state index in [-0.39, 0.29) is 5.91 Å². The molecule has 28 heavy (non-hydrogen) atoms. The van der Waals surface area contributed by atoms with Crippen LogP contribution in [0.25, 0.3) is 11.0 Å². The summed E-state index contributed by atoms with van der Waals surface area (Å²) in [6.45, 7) is 6.38. The number of carbonyl (C=O) groups excluding carboxylic acids is 1. The lowest BCUT2D eigenvalue weighted by Gasteiger charge is -2.27. The molecule has 0 unspecified atom stereocenters. The van der Waals surface area contributed by atoms with E-state index in [1.54, 1.807) is 6.20 Å². The molecule has 0 spiro atoms. The van der Waals surface area contributed by atoms with Gasteiger partial charge in [0.05, 0.1) is 24.5 Å². The fourth-order valence-corrected chi connectivity index (χ4v) is 3.37. The number of amides is 1. The van der Waals surface area contributed by atoms with Crippen molar-refractivity contribution in [3.63, 3.8) is 0 Å². The number of aromatic nitrogens is 2. The van der Waals surface area contributed by atoms with E-state index in [1.165, 1.54) is 5.56 Å². The molecule has 144 valence electrons. The number of ether oxygens (including phenoxy) is 1. The second-order valence-corrected chi connectivity index (χ2v) is 6.95. The Morgan fingerprint density at radius 1 is 1.14 bits per heavy atom. The number of morpholine rings is 1. The van der Waals surface area contributed by atoms with E-state index in [0.717, 1.165) is 28.9 Å². The van der Waals surface area contributed by atoms with Crippen molar-refractivity contribution < 1.29 is 9.53 Å². The molecule has 2 aromatic heterocycles. The molecule has 1 fully saturated rings. The molecule has 4 rings (SSSR count). The molecule has 1 aliphatic rings. The van der Waals surface area contributed by atoms with Gasteiger partial charge in [-0.05, 0) is 43.2 Å². The standard InChI is InChI=1S/C22H24N4O2/c1-3-16-5-7-17(8-6-16)25-20-18-9-4-15(2)24-21(18)23-14-19(20)22(27)26-10-12-28-13-11-26/h4-9,14H,3,10-13H2,1-2H3,(H,23,24,25). The molecule has 0 bridgehead atoms. The van der Waals surface area contributed by atoms with Crippen molar-refractivity contribution in [3.8, 4) is 0 Å². The van der Waals surface area contributed by atoms with Crippen LogP contribution in [0.4, 0.5) is 11.4 Å². The summed E-state index contributed by atoms with van der Waals surface area (Å²) in [5, 5.41) is 4.28. The number of hydrogen-bond donors (Lipinski definition) is 1. The van der Waals surface area contributed by atoms with Gasteiger partial charge >= 0.3 is 0 Å². The van der Waals surface area contributed by atoms with Crippen molar-refractivity contribution >= 4 is 28.3 Å². The van der Waals surface area contributed by atoms with E-state index in [4.69, 9.17) is 4.74 Å². The quantitative estimate of drug-likeness (QED) is 0.752. The third-order valence-corrected chi connectivity index (χ3v) is 5.03. The number of aryl methyl sites for hydroxylation is 2. The van der Waals surface area contributed by atoms with Crippen LogP contribution in [0.15, 0.2) is 42.6 Å². The van der Waals surface area contributed by atoms with E-state index in [0.29, 0.717) is 37.5 Å². The van der Waals surface area contributed by atoms with Crippen molar-refractivity contribution in [2.45, 2.75) is 20.3 Å². The lowest BCUT2D eigenvalue weighted by molar-refractivity contribution is 0.0303. The fourth-order valence-electron chi connectivity index (χ4n) is 3.37. The topological polar surface area (TPSA) is 67.4 Å². The summed E-state index contributed by atoms with van der Waals surface area (Å²) >= 11 is 0. The van der Waals surface area contributed by atoms with Crippen LogP contribution in [0.3, 0.4) is 0 Å². The Bertz CT molecular complexity index is 995. The molecular formula is C22H24N4O2. The van der Waals surface area contributed by atoms with Gasteiger partial charge in [-0.3, -0.25) is 4.79 Å². The second kappa shape index (κ2) is 7.94. The molecule has 0 saturated carbocycles. The third kappa shape index (κ3) is 3.68. The Hall–Kier alpha value is -2.99. The average Bonchev–Trinajstić information content (AvgIpc) is 2.74. The van der Waals surface area contributed by atoms with E-state index in [2.05, 4.69) is 34.3 Å². The summed E-state index contributed by atoms with van der Waals surface area (Å²) in [7, 11) is 0. The number of anilines is 2. The van der Waals surface area contributed by atoms with Gasteiger partial charge in [-0.1, -0.05) is 19.1 Å². The first-order valence-corrected chi connectivity index (χ1v) is 9.65. The summed E-state index contributed by atoms with van der Waals surface area (Å²) in [5.41, 5.74) is 5.03. The molecular weight excluding hydrogens is 352 g/mol. The van der Waals surface area contributed by atoms with Crippen LogP contribution in [0.5, 0.6) is 0 Å². The molecule has 1 aliphatic heterocycles. The summed E-state index contributed by atoms with van der Waals surface area (Å²) in [4.78, 5) is 24.0. The van der Waals surface area contributed by atoms with Gasteiger partial charge in [-0.15, -0.1) is 0 Å². The Morgan fingerprint density at radius 3 is 2.61 bits per heavy atom. The lowest BCUT2D eigenvalue weighted by Crippen LogP contribution is -2.41. The molecule has 3 heterocycles. The van der Waals surface area contributed by atoms with Gasteiger partial charge in [0.25, 0.3) is 5.91 Å². The predicted molar refractivity (Wildman–Crippen MR) is 110 cm³/mol. The molecule has 0 radical (unpaired) electrons. The number of carbonyl (C=O) groups is 1. The largest absolute Gasteiger partial charge is 0.378 e. The molecule has 0 aliphatic carbocycles. The maximum Gasteiger partial charge on any atom is 0.257 e. The first-order chi connectivity index (χ1) is 13.7. The van der Waals surface area contributed by atoms with Crippen molar-refractivity contribution in [2.75, 3.05) is 31.6 Å². The maximum absolute atomic E-state index is 13.2. The average molecular weight is 376 g/mol. The number of benzene rings is 1. The Kier molecular flexibility index (Phi) is 5.21. The normalized spacial score (nSPS) is 14.3. The second-order valence-electron chi connectivity index (χ2n) is 6.95. The number of rotatable bonds is 4. The van der Waals surface area contributed by atoms with Crippen molar-refractivity contribution in [2.24, 2.45) is 0 Å². The van der Waals surface area contributed by atoms with Crippen LogP contribution < -0.4 is 5.32 Å². The highest BCUT2D eigenvalue weighted by Gasteiger charge is 2.23. The monoisotopic (exact) mass is 376 g/mol. The summed E-state index contributed by atoms with van der Waals surface area (Å²) < 4.78 is 5.38. The number of hydrogen-bond acceptors (Lipinski definition) is 5. The number of nitrogens with zero attached hydrogens (tertiary/aromatic N) is 3. The van der Waals surface area contributed by atoms with Crippen LogP contribution in [-0.2, 0) is 11.2 Å². The highest BCUT2D eigenvalue weighted by Crippen LogP contribution is 2.30. The van der Waals surface area contributed by atoms with Crippen molar-refractivity contribution in [3.05, 3.63) is 59.4 Å². The first kappa shape index (κ1) is 18.4. The zero-order valence-electron chi connectivity index (χ0n) is 16.2. The Morgan fingerprint density at radius 2 is 1.89 bits per heavy atom. The zero-order valence-corrected chi connectivity index (χ0v) is 16.2. The van der Waals surface area contributed by atoms with E-state index in [9.17, 15) is 4.79 Å². The van der Waals surface area contributed by atoms with Crippen molar-refractivity contribution in [1.29, 1.82) is 0 Å². The minimum Gasteiger partial charge on any atom is -0.378 e. The van der Waals surface area contributed by atoms with Gasteiger partial charge < -0.3 is 15.0 Å². The highest BCUT2D eigenvalue weighted by atomic mass is 16.5. The maximum atomic E-state index is 13.2. The fraction of sp³-hybridized carbons (Fsp3) is 0.318. The summed E-state index contributed by atoms with van der Waals surface area (Å²) in [5.74, 6) is -0.0362. The summed E-state index contributed by atoms with van der Waals surface area (Å²) in [6.07, 6.45) is 2.62. The summed E-state index contributed by atoms with van der Waals surface area (Å²) in [6, 6.07) is 12.2. The highest BCUT2D eigenvalue weighted by molar-refractivity contribution is 6.07. The molecule has 6 heteroatoms. The number of fused-ring (bicyclic) bond motifs is 1. The molecule has 1 amide bonds. The Labute approximate surface area is 164 Å². The van der Waals surface area contributed by atoms with Crippen LogP contribution in [0.2, 0.25) is 0 Å². The van der Waals surface area contributed by atoms with Gasteiger partial charge in [0.15, 0.2) is 5.65 Å². The van der Waals surface area contributed by atoms with Crippen LogP contribution in [0.1, 0.15) is 28.5 Å². The molecule has 3 aromatic rings.